The second kappa shape index (κ2) is 18.9. The highest BCUT2D eigenvalue weighted by molar-refractivity contribution is 5.66. The van der Waals surface area contributed by atoms with Crippen molar-refractivity contribution in [1.29, 1.82) is 0 Å². The van der Waals surface area contributed by atoms with Crippen molar-refractivity contribution in [3.05, 3.63) is 0 Å². The lowest BCUT2D eigenvalue weighted by Gasteiger charge is -2.63. The largest absolute Gasteiger partial charge is 0.462 e. The molecule has 0 amide bonds. The van der Waals surface area contributed by atoms with E-state index in [1.165, 1.54) is 6.92 Å². The Hall–Kier alpha value is -1.05. The lowest BCUT2D eigenvalue weighted by Crippen LogP contribution is -2.65. The van der Waals surface area contributed by atoms with Gasteiger partial charge in [-0.2, -0.15) is 0 Å². The average Bonchev–Trinajstić information content (AvgIpc) is 3.48. The van der Waals surface area contributed by atoms with E-state index in [1.54, 1.807) is 13.8 Å². The molecule has 358 valence electrons. The van der Waals surface area contributed by atoms with Crippen molar-refractivity contribution in [2.75, 3.05) is 6.61 Å². The van der Waals surface area contributed by atoms with Gasteiger partial charge in [-0.25, -0.2) is 0 Å². The molecule has 15 heteroatoms. The van der Waals surface area contributed by atoms with Crippen LogP contribution in [0.4, 0.5) is 0 Å². The molecule has 0 aromatic carbocycles. The Morgan fingerprint density at radius 3 is 2.00 bits per heavy atom. The molecule has 3 heterocycles. The van der Waals surface area contributed by atoms with Gasteiger partial charge in [-0.15, -0.1) is 0 Å². The summed E-state index contributed by atoms with van der Waals surface area (Å²) in [4.78, 5) is 13.1. The maximum Gasteiger partial charge on any atom is 0.302 e. The van der Waals surface area contributed by atoms with Gasteiger partial charge in [0, 0.05) is 18.8 Å². The fraction of sp³-hybridized carbons (Fsp3) is 0.979. The molecule has 62 heavy (non-hydrogen) atoms. The number of carbonyl (C=O) groups is 1. The molecule has 0 aromatic heterocycles. The van der Waals surface area contributed by atoms with Gasteiger partial charge in [-0.1, -0.05) is 53.9 Å². The van der Waals surface area contributed by atoms with E-state index in [4.69, 9.17) is 23.7 Å². The molecule has 0 aromatic rings. The lowest BCUT2D eigenvalue weighted by molar-refractivity contribution is -0.342. The Balaban J connectivity index is 1.18. The Labute approximate surface area is 367 Å². The summed E-state index contributed by atoms with van der Waals surface area (Å²) in [6.45, 7) is 15.7. The minimum Gasteiger partial charge on any atom is -0.462 e. The first-order valence-corrected chi connectivity index (χ1v) is 24.0. The molecule has 7 fully saturated rings. The quantitative estimate of drug-likeness (QED) is 0.135. The molecule has 26 atom stereocenters. The van der Waals surface area contributed by atoms with Crippen molar-refractivity contribution in [3.8, 4) is 0 Å². The van der Waals surface area contributed by atoms with E-state index in [0.717, 1.165) is 57.8 Å². The molecule has 0 radical (unpaired) electrons. The summed E-state index contributed by atoms with van der Waals surface area (Å²) in [5.41, 5.74) is -0.378. The minimum absolute atomic E-state index is 0.00692. The number of ether oxygens (including phenoxy) is 5. The second-order valence-electron chi connectivity index (χ2n) is 22.0. The van der Waals surface area contributed by atoms with Crippen LogP contribution in [-0.4, -0.2) is 156 Å². The molecule has 4 saturated carbocycles. The smallest absolute Gasteiger partial charge is 0.302 e. The number of carbonyl (C=O) groups excluding carboxylic acids is 1. The summed E-state index contributed by atoms with van der Waals surface area (Å²) in [7, 11) is 0. The van der Waals surface area contributed by atoms with Gasteiger partial charge in [-0.05, 0) is 111 Å². The first-order chi connectivity index (χ1) is 29.2. The van der Waals surface area contributed by atoms with Crippen LogP contribution in [0.5, 0.6) is 0 Å². The van der Waals surface area contributed by atoms with E-state index in [0.29, 0.717) is 12.3 Å². The Bertz CT molecular complexity index is 1520. The lowest BCUT2D eigenvalue weighted by atomic mass is 9.43. The van der Waals surface area contributed by atoms with Crippen LogP contribution >= 0.6 is 0 Å². The first-order valence-electron chi connectivity index (χ1n) is 24.0. The number of hydrogen-bond acceptors (Lipinski definition) is 15. The summed E-state index contributed by atoms with van der Waals surface area (Å²) in [5.74, 6) is 0.526. The summed E-state index contributed by atoms with van der Waals surface area (Å²) in [6, 6.07) is 0. The number of aliphatic hydroxyl groups excluding tert-OH is 9. The van der Waals surface area contributed by atoms with Gasteiger partial charge < -0.3 is 69.6 Å². The molecule has 3 saturated heterocycles. The van der Waals surface area contributed by atoms with Crippen LogP contribution in [0.2, 0.25) is 0 Å². The van der Waals surface area contributed by atoms with Crippen LogP contribution in [0.25, 0.3) is 0 Å². The van der Waals surface area contributed by atoms with Gasteiger partial charge >= 0.3 is 5.97 Å². The third kappa shape index (κ3) is 8.57. The van der Waals surface area contributed by atoms with E-state index in [2.05, 4.69) is 34.6 Å². The molecule has 7 aliphatic rings. The van der Waals surface area contributed by atoms with Gasteiger partial charge in [0.25, 0.3) is 0 Å². The van der Waals surface area contributed by atoms with E-state index < -0.39 is 110 Å². The number of esters is 1. The highest BCUT2D eigenvalue weighted by Gasteiger charge is 2.70. The molecule has 3 aliphatic heterocycles. The topological polar surface area (TPSA) is 245 Å². The summed E-state index contributed by atoms with van der Waals surface area (Å²) in [6.07, 6.45) is -10.00. The third-order valence-electron chi connectivity index (χ3n) is 18.0. The van der Waals surface area contributed by atoms with Gasteiger partial charge in [-0.3, -0.25) is 4.79 Å². The molecular formula is C47H80O15. The maximum absolute atomic E-state index is 13.1. The zero-order valence-electron chi connectivity index (χ0n) is 38.2. The van der Waals surface area contributed by atoms with Crippen molar-refractivity contribution >= 4 is 5.97 Å². The van der Waals surface area contributed by atoms with Gasteiger partial charge in [0.15, 0.2) is 6.29 Å². The van der Waals surface area contributed by atoms with E-state index in [-0.39, 0.29) is 58.2 Å². The third-order valence-corrected chi connectivity index (χ3v) is 18.0. The van der Waals surface area contributed by atoms with Gasteiger partial charge in [0.2, 0.25) is 0 Å². The predicted octanol–water partition coefficient (Wildman–Crippen LogP) is 2.06. The van der Waals surface area contributed by atoms with Crippen molar-refractivity contribution in [1.82, 2.24) is 0 Å². The Morgan fingerprint density at radius 1 is 0.710 bits per heavy atom. The van der Waals surface area contributed by atoms with Crippen LogP contribution in [0, 0.1) is 64.1 Å². The molecule has 7 rings (SSSR count). The van der Waals surface area contributed by atoms with E-state index >= 15 is 0 Å². The monoisotopic (exact) mass is 885 g/mol. The van der Waals surface area contributed by atoms with Crippen molar-refractivity contribution in [3.63, 3.8) is 0 Å². The van der Waals surface area contributed by atoms with Crippen LogP contribution < -0.4 is 0 Å². The van der Waals surface area contributed by atoms with Crippen molar-refractivity contribution in [2.24, 2.45) is 64.1 Å². The van der Waals surface area contributed by atoms with Gasteiger partial charge in [0.1, 0.15) is 67.1 Å². The number of hydrogen-bond donors (Lipinski definition) is 9. The summed E-state index contributed by atoms with van der Waals surface area (Å²) < 4.78 is 31.4. The fourth-order valence-electron chi connectivity index (χ4n) is 14.9. The molecular weight excluding hydrogens is 805 g/mol. The van der Waals surface area contributed by atoms with Crippen LogP contribution in [0.15, 0.2) is 0 Å². The van der Waals surface area contributed by atoms with Crippen molar-refractivity contribution < 1.29 is 74.4 Å². The number of rotatable bonds is 11. The Kier molecular flexibility index (Phi) is 14.9. The fourth-order valence-corrected chi connectivity index (χ4v) is 14.9. The highest BCUT2D eigenvalue weighted by atomic mass is 16.7. The number of aliphatic hydroxyl groups is 9. The van der Waals surface area contributed by atoms with Gasteiger partial charge in [0.05, 0.1) is 31.0 Å². The molecule has 0 bridgehead atoms. The second-order valence-corrected chi connectivity index (χ2v) is 22.0. The normalized spacial score (nSPS) is 53.7. The molecule has 15 nitrogen and oxygen atoms in total. The molecule has 0 spiro atoms. The van der Waals surface area contributed by atoms with Crippen molar-refractivity contribution in [2.45, 2.75) is 217 Å². The molecule has 4 aliphatic carbocycles. The predicted molar refractivity (Wildman–Crippen MR) is 224 cm³/mol. The highest BCUT2D eigenvalue weighted by Crippen LogP contribution is 2.71. The number of fused-ring (bicyclic) bond motifs is 5. The minimum atomic E-state index is -1.62. The maximum atomic E-state index is 13.1. The first kappa shape index (κ1) is 48.9. The SMILES string of the molecule is CC(=O)O[C@H]1[C@@H]([C@@H]2O[C@@H](C)[C@H](O)[C@@H](O)[C@H]2O)[C@H]2[C@@H]3CC[C@H]4C[C@@H]([C@H]5O[C@@H](CO)[C@H](O)[C@@H](O)[C@@H]5O[C@@H]5O[C@@H](C)[C@H](O)[C@@H](O)[C@H]5O)CC[C@]4(C)[C@H]3CC[C@]2(C)[C@H]1[C@H](C)CCCC(C)C. The Morgan fingerprint density at radius 2 is 1.35 bits per heavy atom. The molecule has 9 N–H and O–H groups in total. The van der Waals surface area contributed by atoms with E-state index in [1.807, 2.05) is 0 Å². The zero-order chi connectivity index (χ0) is 45.3. The molecule has 0 unspecified atom stereocenters. The average molecular weight is 885 g/mol. The standard InChI is InChI=1S/C47H80O15/c1-20(2)10-9-11-21(3)31-42(60-24(6)49)30(43-39(56)36(53)33(50)22(4)58-43)32-27-13-12-26-18-25(14-16-46(26,7)28(27)15-17-47(31,32)8)41-44(38(55)35(52)29(19-48)61-41)62-45-40(57)37(54)34(51)23(5)59-45/h20-23,25-45,48,50-57H,9-19H2,1-8H3/t21-,22+,23+,25+,26+,27-,28+,29+,30+,31+,32-,33+,34+,35+,36-,37-,38-,39-,40-,41-,42+,43+,44+,45+,46+,47-/m1/s1. The summed E-state index contributed by atoms with van der Waals surface area (Å²) >= 11 is 0. The van der Waals surface area contributed by atoms with E-state index in [9.17, 15) is 50.8 Å². The summed E-state index contributed by atoms with van der Waals surface area (Å²) in [5, 5.41) is 98.2. The van der Waals surface area contributed by atoms with Crippen LogP contribution in [0.3, 0.4) is 0 Å². The zero-order valence-corrected chi connectivity index (χ0v) is 38.2. The van der Waals surface area contributed by atoms with Crippen LogP contribution in [-0.2, 0) is 28.5 Å². The van der Waals surface area contributed by atoms with Crippen LogP contribution in [0.1, 0.15) is 120 Å².